The van der Waals surface area contributed by atoms with Crippen LogP contribution in [-0.2, 0) is 0 Å². The molecular formula is C7H8Se2. The molecule has 0 bridgehead atoms. The second kappa shape index (κ2) is 3.43. The molecule has 2 heteroatoms. The van der Waals surface area contributed by atoms with Gasteiger partial charge in [-0.05, 0) is 0 Å². The average molecular weight is 250 g/mol. The van der Waals surface area contributed by atoms with E-state index in [4.69, 9.17) is 0 Å². The third-order valence-corrected chi connectivity index (χ3v) is 4.44. The second-order valence-electron chi connectivity index (χ2n) is 1.90. The van der Waals surface area contributed by atoms with Crippen LogP contribution in [0.1, 0.15) is 5.56 Å². The number of benzene rings is 1. The van der Waals surface area contributed by atoms with Crippen LogP contribution in [0, 0.1) is 6.92 Å². The van der Waals surface area contributed by atoms with E-state index in [-0.39, 0.29) is 0 Å². The van der Waals surface area contributed by atoms with E-state index in [1.807, 2.05) is 0 Å². The maximum absolute atomic E-state index is 2.64. The quantitative estimate of drug-likeness (QED) is 0.622. The zero-order chi connectivity index (χ0) is 6.69. The Balaban J connectivity index is 2.88. The molecule has 1 aromatic carbocycles. The first-order chi connectivity index (χ1) is 4.33. The fourth-order valence-corrected chi connectivity index (χ4v) is 2.47. The summed E-state index contributed by atoms with van der Waals surface area (Å²) in [4.78, 5) is 0. The number of aryl methyl sites for hydroxylation is 1. The van der Waals surface area contributed by atoms with Gasteiger partial charge in [0.05, 0.1) is 0 Å². The minimum atomic E-state index is 0.598. The van der Waals surface area contributed by atoms with E-state index in [9.17, 15) is 0 Å². The van der Waals surface area contributed by atoms with Crippen molar-refractivity contribution >= 4 is 31.8 Å². The molecule has 0 aliphatic carbocycles. The predicted molar refractivity (Wildman–Crippen MR) is 43.7 cm³/mol. The van der Waals surface area contributed by atoms with Crippen LogP contribution in [0.2, 0.25) is 0 Å². The molecule has 0 aromatic heterocycles. The molecular weight excluding hydrogens is 242 g/mol. The molecule has 0 aliphatic rings. The molecule has 0 radical (unpaired) electrons. The molecule has 0 saturated heterocycles. The van der Waals surface area contributed by atoms with E-state index in [0.29, 0.717) is 13.1 Å². The first kappa shape index (κ1) is 7.37. The van der Waals surface area contributed by atoms with Gasteiger partial charge in [0, 0.05) is 0 Å². The molecule has 0 unspecified atom stereocenters. The van der Waals surface area contributed by atoms with E-state index in [0.717, 1.165) is 0 Å². The summed E-state index contributed by atoms with van der Waals surface area (Å²) in [5.41, 5.74) is 1.34. The van der Waals surface area contributed by atoms with Gasteiger partial charge in [-0.1, -0.05) is 0 Å². The zero-order valence-electron chi connectivity index (χ0n) is 5.16. The second-order valence-corrected chi connectivity index (χ2v) is 5.27. The SMILES string of the molecule is Cc1ccc([Se][SeH])cc1. The Morgan fingerprint density at radius 3 is 2.22 bits per heavy atom. The van der Waals surface area contributed by atoms with Gasteiger partial charge >= 0.3 is 68.5 Å². The molecule has 0 amide bonds. The van der Waals surface area contributed by atoms with Crippen molar-refractivity contribution in [1.82, 2.24) is 0 Å². The monoisotopic (exact) mass is 252 g/mol. The Morgan fingerprint density at radius 1 is 1.22 bits per heavy atom. The van der Waals surface area contributed by atoms with Crippen LogP contribution in [0.15, 0.2) is 24.3 Å². The molecule has 0 heterocycles. The third-order valence-electron chi connectivity index (χ3n) is 1.13. The van der Waals surface area contributed by atoms with Gasteiger partial charge in [0.2, 0.25) is 0 Å². The summed E-state index contributed by atoms with van der Waals surface area (Å²) in [6, 6.07) is 8.69. The summed E-state index contributed by atoms with van der Waals surface area (Å²) in [5.74, 6) is 0. The standard InChI is InChI=1S/C7H8Se2/c1-6-2-4-7(9-8)5-3-6/h2-5,8H,1H3. The summed E-state index contributed by atoms with van der Waals surface area (Å²) < 4.78 is 1.45. The Morgan fingerprint density at radius 2 is 1.78 bits per heavy atom. The van der Waals surface area contributed by atoms with Crippen LogP contribution in [0.3, 0.4) is 0 Å². The summed E-state index contributed by atoms with van der Waals surface area (Å²) in [7, 11) is 0. The van der Waals surface area contributed by atoms with Crippen LogP contribution in [0.4, 0.5) is 0 Å². The van der Waals surface area contributed by atoms with E-state index in [1.54, 1.807) is 0 Å². The van der Waals surface area contributed by atoms with Gasteiger partial charge in [-0.3, -0.25) is 0 Å². The summed E-state index contributed by atoms with van der Waals surface area (Å²) in [6.07, 6.45) is 0. The van der Waals surface area contributed by atoms with Gasteiger partial charge in [-0.15, -0.1) is 0 Å². The molecule has 0 fully saturated rings. The van der Waals surface area contributed by atoms with Crippen molar-refractivity contribution < 1.29 is 0 Å². The van der Waals surface area contributed by atoms with E-state index >= 15 is 0 Å². The van der Waals surface area contributed by atoms with Crippen molar-refractivity contribution in [1.29, 1.82) is 0 Å². The third kappa shape index (κ3) is 2.15. The molecule has 0 saturated carbocycles. The van der Waals surface area contributed by atoms with E-state index in [2.05, 4.69) is 45.4 Å². The normalized spacial score (nSPS) is 9.56. The van der Waals surface area contributed by atoms with Gasteiger partial charge in [0.25, 0.3) is 0 Å². The molecule has 48 valence electrons. The number of hydrogen-bond donors (Lipinski definition) is 0. The van der Waals surface area contributed by atoms with Crippen LogP contribution in [0.5, 0.6) is 0 Å². The van der Waals surface area contributed by atoms with E-state index in [1.165, 1.54) is 10.0 Å². The van der Waals surface area contributed by atoms with Crippen LogP contribution < -0.4 is 4.46 Å². The Bertz CT molecular complexity index is 179. The minimum absolute atomic E-state index is 0.598. The zero-order valence-corrected chi connectivity index (χ0v) is 8.75. The maximum atomic E-state index is 2.64. The Kier molecular flexibility index (Phi) is 2.81. The topological polar surface area (TPSA) is 0 Å². The van der Waals surface area contributed by atoms with Crippen molar-refractivity contribution in [2.45, 2.75) is 6.92 Å². The van der Waals surface area contributed by atoms with Gasteiger partial charge in [0.1, 0.15) is 0 Å². The number of rotatable bonds is 1. The molecule has 9 heavy (non-hydrogen) atoms. The molecule has 0 aliphatic heterocycles. The van der Waals surface area contributed by atoms with Crippen molar-refractivity contribution in [2.75, 3.05) is 0 Å². The average Bonchev–Trinajstić information content (AvgIpc) is 1.90. The van der Waals surface area contributed by atoms with Crippen LogP contribution in [0.25, 0.3) is 0 Å². The molecule has 0 nitrogen and oxygen atoms in total. The molecule has 0 atom stereocenters. The van der Waals surface area contributed by atoms with Crippen molar-refractivity contribution in [3.8, 4) is 0 Å². The first-order valence-corrected chi connectivity index (χ1v) is 8.31. The summed E-state index contributed by atoms with van der Waals surface area (Å²) in [5, 5.41) is 0. The molecule has 0 spiro atoms. The Labute approximate surface area is 68.6 Å². The van der Waals surface area contributed by atoms with Crippen molar-refractivity contribution in [3.63, 3.8) is 0 Å². The Hall–Kier alpha value is 0.259. The van der Waals surface area contributed by atoms with Gasteiger partial charge in [0.15, 0.2) is 0 Å². The van der Waals surface area contributed by atoms with Gasteiger partial charge in [-0.2, -0.15) is 0 Å². The fraction of sp³-hybridized carbons (Fsp3) is 0.143. The van der Waals surface area contributed by atoms with Gasteiger partial charge < -0.3 is 0 Å². The van der Waals surface area contributed by atoms with Crippen molar-refractivity contribution in [3.05, 3.63) is 29.8 Å². The van der Waals surface area contributed by atoms with Crippen LogP contribution in [-0.4, -0.2) is 27.3 Å². The summed E-state index contributed by atoms with van der Waals surface area (Å²) in [6.45, 7) is 2.11. The summed E-state index contributed by atoms with van der Waals surface area (Å²) >= 11 is 3.24. The first-order valence-electron chi connectivity index (χ1n) is 2.71. The molecule has 0 N–H and O–H groups in total. The van der Waals surface area contributed by atoms with Crippen molar-refractivity contribution in [2.24, 2.45) is 0 Å². The fourth-order valence-electron chi connectivity index (χ4n) is 0.599. The number of hydrogen-bond acceptors (Lipinski definition) is 0. The predicted octanol–water partition coefficient (Wildman–Crippen LogP) is 0.140. The van der Waals surface area contributed by atoms with Crippen LogP contribution >= 0.6 is 0 Å². The van der Waals surface area contributed by atoms with E-state index < -0.39 is 0 Å². The molecule has 1 rings (SSSR count). The van der Waals surface area contributed by atoms with Gasteiger partial charge in [-0.25, -0.2) is 0 Å². The molecule has 1 aromatic rings.